The average molecular weight is 311 g/mol. The van der Waals surface area contributed by atoms with E-state index in [9.17, 15) is 14.7 Å². The Morgan fingerprint density at radius 2 is 1.82 bits per heavy atom. The number of aliphatic hydroxyl groups excluding tert-OH is 1. The van der Waals surface area contributed by atoms with Crippen molar-refractivity contribution in [3.8, 4) is 0 Å². The minimum atomic E-state index is -0.505. The van der Waals surface area contributed by atoms with Crippen LogP contribution in [-0.4, -0.2) is 52.7 Å². The smallest absolute Gasteiger partial charge is 0.315 e. The standard InChI is InChI=1S/C16H29N3O3/c1-11-5-3-4-10-19(11)15(21)12(2)17-16(22)18-13-6-8-14(20)9-7-13/h11-14,20H,3-10H2,1-2H3,(H2,17,18,22). The van der Waals surface area contributed by atoms with Crippen molar-refractivity contribution in [1.82, 2.24) is 15.5 Å². The van der Waals surface area contributed by atoms with Gasteiger partial charge in [0.2, 0.25) is 5.91 Å². The first-order chi connectivity index (χ1) is 10.5. The van der Waals surface area contributed by atoms with Crippen LogP contribution in [0.5, 0.6) is 0 Å². The number of nitrogens with zero attached hydrogens (tertiary/aromatic N) is 1. The normalized spacial score (nSPS) is 30.5. The third-order valence-electron chi connectivity index (χ3n) is 4.84. The topological polar surface area (TPSA) is 81.7 Å². The predicted octanol–water partition coefficient (Wildman–Crippen LogP) is 1.38. The summed E-state index contributed by atoms with van der Waals surface area (Å²) in [7, 11) is 0. The predicted molar refractivity (Wildman–Crippen MR) is 84.4 cm³/mol. The highest BCUT2D eigenvalue weighted by atomic mass is 16.3. The van der Waals surface area contributed by atoms with Gasteiger partial charge in [0.05, 0.1) is 6.10 Å². The minimum Gasteiger partial charge on any atom is -0.393 e. The van der Waals surface area contributed by atoms with Crippen molar-refractivity contribution in [1.29, 1.82) is 0 Å². The number of aliphatic hydroxyl groups is 1. The Morgan fingerprint density at radius 3 is 2.45 bits per heavy atom. The molecule has 3 N–H and O–H groups in total. The molecule has 22 heavy (non-hydrogen) atoms. The molecule has 126 valence electrons. The lowest BCUT2D eigenvalue weighted by Gasteiger charge is -2.35. The van der Waals surface area contributed by atoms with Crippen LogP contribution in [0.4, 0.5) is 4.79 Å². The quantitative estimate of drug-likeness (QED) is 0.736. The second kappa shape index (κ2) is 7.81. The van der Waals surface area contributed by atoms with E-state index in [1.807, 2.05) is 4.90 Å². The molecule has 2 fully saturated rings. The van der Waals surface area contributed by atoms with E-state index in [2.05, 4.69) is 17.6 Å². The zero-order chi connectivity index (χ0) is 16.1. The van der Waals surface area contributed by atoms with Gasteiger partial charge in [0.15, 0.2) is 0 Å². The molecule has 2 aliphatic rings. The lowest BCUT2D eigenvalue weighted by atomic mass is 9.93. The fraction of sp³-hybridized carbons (Fsp3) is 0.875. The number of piperidine rings is 1. The first-order valence-electron chi connectivity index (χ1n) is 8.53. The van der Waals surface area contributed by atoms with Gasteiger partial charge in [-0.2, -0.15) is 0 Å². The zero-order valence-corrected chi connectivity index (χ0v) is 13.7. The van der Waals surface area contributed by atoms with Crippen LogP contribution in [0.2, 0.25) is 0 Å². The van der Waals surface area contributed by atoms with Crippen molar-refractivity contribution in [2.75, 3.05) is 6.54 Å². The molecular formula is C16H29N3O3. The Bertz CT molecular complexity index is 394. The number of rotatable bonds is 3. The maximum Gasteiger partial charge on any atom is 0.315 e. The molecule has 6 nitrogen and oxygen atoms in total. The highest BCUT2D eigenvalue weighted by molar-refractivity contribution is 5.87. The monoisotopic (exact) mass is 311 g/mol. The maximum atomic E-state index is 12.4. The largest absolute Gasteiger partial charge is 0.393 e. The Hall–Kier alpha value is -1.30. The molecule has 1 saturated carbocycles. The summed E-state index contributed by atoms with van der Waals surface area (Å²) in [5.74, 6) is 0.00131. The molecule has 3 amide bonds. The number of carbonyl (C=O) groups is 2. The van der Waals surface area contributed by atoms with Crippen molar-refractivity contribution in [2.24, 2.45) is 0 Å². The molecule has 1 aliphatic heterocycles. The van der Waals surface area contributed by atoms with Crippen LogP contribution in [0.1, 0.15) is 58.8 Å². The number of hydrogen-bond acceptors (Lipinski definition) is 3. The fourth-order valence-electron chi connectivity index (χ4n) is 3.38. The van der Waals surface area contributed by atoms with E-state index in [-0.39, 0.29) is 30.1 Å². The Balaban J connectivity index is 1.76. The highest BCUT2D eigenvalue weighted by Crippen LogP contribution is 2.19. The first-order valence-corrected chi connectivity index (χ1v) is 8.53. The van der Waals surface area contributed by atoms with E-state index in [0.29, 0.717) is 0 Å². The van der Waals surface area contributed by atoms with Crippen LogP contribution in [0.25, 0.3) is 0 Å². The number of amides is 3. The van der Waals surface area contributed by atoms with Crippen molar-refractivity contribution < 1.29 is 14.7 Å². The van der Waals surface area contributed by atoms with E-state index in [1.165, 1.54) is 6.42 Å². The fourth-order valence-corrected chi connectivity index (χ4v) is 3.38. The van der Waals surface area contributed by atoms with Gasteiger partial charge in [0.25, 0.3) is 0 Å². The molecule has 0 spiro atoms. The molecule has 0 radical (unpaired) electrons. The molecular weight excluding hydrogens is 282 g/mol. The molecule has 1 saturated heterocycles. The van der Waals surface area contributed by atoms with Gasteiger partial charge >= 0.3 is 6.03 Å². The molecule has 2 atom stereocenters. The number of urea groups is 1. The van der Waals surface area contributed by atoms with E-state index in [4.69, 9.17) is 0 Å². The van der Waals surface area contributed by atoms with Gasteiger partial charge in [-0.3, -0.25) is 4.79 Å². The lowest BCUT2D eigenvalue weighted by Crippen LogP contribution is -2.54. The molecule has 0 aromatic rings. The number of likely N-dealkylation sites (tertiary alicyclic amines) is 1. The van der Waals surface area contributed by atoms with Crippen molar-refractivity contribution in [2.45, 2.75) is 83.0 Å². The van der Waals surface area contributed by atoms with Gasteiger partial charge in [0, 0.05) is 18.6 Å². The van der Waals surface area contributed by atoms with Crippen LogP contribution < -0.4 is 10.6 Å². The maximum absolute atomic E-state index is 12.4. The minimum absolute atomic E-state index is 0.00131. The summed E-state index contributed by atoms with van der Waals surface area (Å²) in [6.45, 7) is 4.60. The lowest BCUT2D eigenvalue weighted by molar-refractivity contribution is -0.136. The van der Waals surface area contributed by atoms with Gasteiger partial charge in [-0.1, -0.05) is 0 Å². The van der Waals surface area contributed by atoms with Gasteiger partial charge in [-0.25, -0.2) is 4.79 Å². The van der Waals surface area contributed by atoms with Crippen LogP contribution in [-0.2, 0) is 4.79 Å². The van der Waals surface area contributed by atoms with Crippen molar-refractivity contribution in [3.05, 3.63) is 0 Å². The summed E-state index contributed by atoms with van der Waals surface area (Å²) in [6.07, 6.45) is 6.05. The Labute approximate surface area is 132 Å². The van der Waals surface area contributed by atoms with Crippen molar-refractivity contribution >= 4 is 11.9 Å². The van der Waals surface area contributed by atoms with E-state index >= 15 is 0 Å². The molecule has 0 bridgehead atoms. The molecule has 2 rings (SSSR count). The molecule has 1 aliphatic carbocycles. The van der Waals surface area contributed by atoms with E-state index in [1.54, 1.807) is 6.92 Å². The SMILES string of the molecule is CC(NC(=O)NC1CCC(O)CC1)C(=O)N1CCCCC1C. The summed E-state index contributed by atoms with van der Waals surface area (Å²) in [5.41, 5.74) is 0. The van der Waals surface area contributed by atoms with E-state index < -0.39 is 6.04 Å². The molecule has 1 heterocycles. The van der Waals surface area contributed by atoms with Gasteiger partial charge in [0.1, 0.15) is 6.04 Å². The molecule has 0 aromatic heterocycles. The van der Waals surface area contributed by atoms with Crippen LogP contribution >= 0.6 is 0 Å². The summed E-state index contributed by atoms with van der Waals surface area (Å²) < 4.78 is 0. The van der Waals surface area contributed by atoms with Crippen molar-refractivity contribution in [3.63, 3.8) is 0 Å². The second-order valence-electron chi connectivity index (χ2n) is 6.72. The molecule has 6 heteroatoms. The first kappa shape index (κ1) is 17.1. The second-order valence-corrected chi connectivity index (χ2v) is 6.72. The van der Waals surface area contributed by atoms with Gasteiger partial charge in [-0.05, 0) is 58.8 Å². The van der Waals surface area contributed by atoms with Crippen LogP contribution in [0, 0.1) is 0 Å². The molecule has 0 aromatic carbocycles. The summed E-state index contributed by atoms with van der Waals surface area (Å²) in [5, 5.41) is 15.1. The van der Waals surface area contributed by atoms with Crippen LogP contribution in [0.3, 0.4) is 0 Å². The van der Waals surface area contributed by atoms with Crippen LogP contribution in [0.15, 0.2) is 0 Å². The summed E-state index contributed by atoms with van der Waals surface area (Å²) in [4.78, 5) is 26.3. The van der Waals surface area contributed by atoms with E-state index in [0.717, 1.165) is 45.1 Å². The Kier molecular flexibility index (Phi) is 6.06. The number of nitrogens with one attached hydrogen (secondary N) is 2. The highest BCUT2D eigenvalue weighted by Gasteiger charge is 2.28. The zero-order valence-electron chi connectivity index (χ0n) is 13.7. The third kappa shape index (κ3) is 4.60. The summed E-state index contributed by atoms with van der Waals surface area (Å²) in [6, 6.07) is -0.436. The Morgan fingerprint density at radius 1 is 1.14 bits per heavy atom. The third-order valence-corrected chi connectivity index (χ3v) is 4.84. The average Bonchev–Trinajstić information content (AvgIpc) is 2.49. The number of carbonyl (C=O) groups excluding carboxylic acids is 2. The summed E-state index contributed by atoms with van der Waals surface area (Å²) >= 11 is 0. The van der Waals surface area contributed by atoms with Gasteiger partial charge < -0.3 is 20.6 Å². The molecule has 2 unspecified atom stereocenters. The van der Waals surface area contributed by atoms with Gasteiger partial charge in [-0.15, -0.1) is 0 Å². The number of hydrogen-bond donors (Lipinski definition) is 3.